The molecule has 18 heavy (non-hydrogen) atoms. The van der Waals surface area contributed by atoms with Crippen LogP contribution in [0, 0.1) is 17.2 Å². The van der Waals surface area contributed by atoms with Crippen LogP contribution in [-0.2, 0) is 18.6 Å². The number of carbonyl (C=O) groups excluding carboxylic acids is 1. The largest absolute Gasteiger partial charge is 0.447 e. The summed E-state index contributed by atoms with van der Waals surface area (Å²) in [5, 5.41) is 8.80. The maximum absolute atomic E-state index is 12.3. The summed E-state index contributed by atoms with van der Waals surface area (Å²) in [5.74, 6) is -0.214. The van der Waals surface area contributed by atoms with Crippen molar-refractivity contribution in [3.63, 3.8) is 0 Å². The van der Waals surface area contributed by atoms with Gasteiger partial charge in [0.25, 0.3) is 6.57 Å². The van der Waals surface area contributed by atoms with Crippen molar-refractivity contribution in [2.24, 2.45) is 5.92 Å². The van der Waals surface area contributed by atoms with Gasteiger partial charge in [0, 0.05) is 19.5 Å². The van der Waals surface area contributed by atoms with Gasteiger partial charge in [-0.25, -0.2) is 0 Å². The summed E-state index contributed by atoms with van der Waals surface area (Å²) < 4.78 is 22.5. The predicted octanol–water partition coefficient (Wildman–Crippen LogP) is 3.06. The lowest BCUT2D eigenvalue weighted by molar-refractivity contribution is -0.143. The molecule has 7 heteroatoms. The molecule has 5 nitrogen and oxygen atoms in total. The zero-order valence-corrected chi connectivity index (χ0v) is 12.9. The molecule has 0 aromatic carbocycles. The minimum absolute atomic E-state index is 0.228. The van der Waals surface area contributed by atoms with Gasteiger partial charge < -0.3 is 9.26 Å². The van der Waals surface area contributed by atoms with Crippen molar-refractivity contribution in [3.8, 4) is 6.07 Å². The first-order chi connectivity index (χ1) is 8.33. The van der Waals surface area contributed by atoms with Crippen LogP contribution in [0.2, 0.25) is 0 Å². The van der Waals surface area contributed by atoms with Gasteiger partial charge >= 0.3 is 5.97 Å². The summed E-state index contributed by atoms with van der Waals surface area (Å²) in [7, 11) is 0. The van der Waals surface area contributed by atoms with Crippen LogP contribution in [0.5, 0.6) is 0 Å². The number of hydrogen-bond acceptors (Lipinski definition) is 6. The molecule has 0 saturated heterocycles. The Morgan fingerprint density at radius 3 is 2.50 bits per heavy atom. The molecule has 0 aromatic heterocycles. The first-order valence-corrected chi connectivity index (χ1v) is 9.33. The molecule has 0 aliphatic heterocycles. The summed E-state index contributed by atoms with van der Waals surface area (Å²) >= 11 is 1.17. The third kappa shape index (κ3) is 7.75. The van der Waals surface area contributed by atoms with Gasteiger partial charge in [-0.1, -0.05) is 25.2 Å². The lowest BCUT2D eigenvalue weighted by atomic mass is 10.2. The number of ether oxygens (including phenoxy) is 1. The Balaban J connectivity index is 4.31. The second-order valence-corrected chi connectivity index (χ2v) is 9.28. The van der Waals surface area contributed by atoms with Crippen LogP contribution in [0.25, 0.3) is 0 Å². The molecule has 2 atom stereocenters. The number of carbonyl (C=O) groups is 1. The van der Waals surface area contributed by atoms with Crippen molar-refractivity contribution in [1.29, 1.82) is 5.26 Å². The number of esters is 1. The second-order valence-electron chi connectivity index (χ2n) is 4.22. The first-order valence-electron chi connectivity index (χ1n) is 5.69. The molecule has 2 unspecified atom stereocenters. The molecule has 0 aliphatic carbocycles. The van der Waals surface area contributed by atoms with E-state index in [1.165, 1.54) is 18.3 Å². The highest BCUT2D eigenvalue weighted by Crippen LogP contribution is 2.58. The summed E-state index contributed by atoms with van der Waals surface area (Å²) in [6.07, 6.45) is 1.32. The van der Waals surface area contributed by atoms with Crippen molar-refractivity contribution in [3.05, 3.63) is 0 Å². The lowest BCUT2D eigenvalue weighted by Gasteiger charge is -2.18. The fraction of sp³-hybridized carbons (Fsp3) is 0.818. The van der Waals surface area contributed by atoms with Gasteiger partial charge in [-0.05, 0) is 12.2 Å². The molecule has 0 fully saturated rings. The second kappa shape index (κ2) is 8.58. The van der Waals surface area contributed by atoms with Crippen LogP contribution in [0.15, 0.2) is 0 Å². The van der Waals surface area contributed by atoms with Crippen molar-refractivity contribution < 1.29 is 18.6 Å². The van der Waals surface area contributed by atoms with E-state index in [2.05, 4.69) is 0 Å². The fourth-order valence-corrected chi connectivity index (χ4v) is 3.95. The fourth-order valence-electron chi connectivity index (χ4n) is 1.10. The molecule has 0 aromatic rings. The molecule has 0 N–H and O–H groups in total. The van der Waals surface area contributed by atoms with Crippen molar-refractivity contribution in [1.82, 2.24) is 0 Å². The Kier molecular flexibility index (Phi) is 8.34. The highest BCUT2D eigenvalue weighted by molar-refractivity contribution is 8.56. The zero-order valence-electron chi connectivity index (χ0n) is 11.2. The van der Waals surface area contributed by atoms with Gasteiger partial charge in [0.2, 0.25) is 0 Å². The molecule has 0 amide bonds. The minimum Gasteiger partial charge on any atom is -0.447 e. The van der Waals surface area contributed by atoms with Gasteiger partial charge in [-0.15, -0.1) is 0 Å². The standard InChI is InChI=1S/C11H20NO4PS/c1-9(2)8-15-17(14,18-4)6-5-11(7-12)16-10(3)13/h9,11H,5-6,8H2,1-4H3. The smallest absolute Gasteiger partial charge is 0.303 e. The monoisotopic (exact) mass is 293 g/mol. The number of nitrogens with zero attached hydrogens (tertiary/aromatic N) is 1. The highest BCUT2D eigenvalue weighted by atomic mass is 32.7. The van der Waals surface area contributed by atoms with Gasteiger partial charge in [-0.2, -0.15) is 5.26 Å². The molecule has 0 rings (SSSR count). The molecule has 0 bridgehead atoms. The predicted molar refractivity (Wildman–Crippen MR) is 72.6 cm³/mol. The Morgan fingerprint density at radius 1 is 1.50 bits per heavy atom. The molecular formula is C11H20NO4PS. The van der Waals surface area contributed by atoms with Gasteiger partial charge in [0.1, 0.15) is 6.07 Å². The SMILES string of the molecule is CSP(=O)(CCC(C#N)OC(C)=O)OCC(C)C. The Morgan fingerprint density at radius 2 is 2.11 bits per heavy atom. The van der Waals surface area contributed by atoms with E-state index in [1.54, 1.807) is 6.26 Å². The summed E-state index contributed by atoms with van der Waals surface area (Å²) in [6, 6.07) is 1.87. The van der Waals surface area contributed by atoms with Crippen molar-refractivity contribution >= 4 is 23.9 Å². The Labute approximate surface area is 112 Å². The number of rotatable bonds is 8. The van der Waals surface area contributed by atoms with Crippen molar-refractivity contribution in [2.75, 3.05) is 19.0 Å². The third-order valence-electron chi connectivity index (χ3n) is 2.00. The zero-order chi connectivity index (χ0) is 14.2. The maximum atomic E-state index is 12.3. The average Bonchev–Trinajstić information content (AvgIpc) is 2.31. The van der Waals surface area contributed by atoms with Crippen LogP contribution >= 0.6 is 18.0 Å². The number of hydrogen-bond donors (Lipinski definition) is 0. The van der Waals surface area contributed by atoms with E-state index in [0.717, 1.165) is 0 Å². The summed E-state index contributed by atoms with van der Waals surface area (Å²) in [6.45, 7) is 2.82. The van der Waals surface area contributed by atoms with E-state index < -0.39 is 18.6 Å². The van der Waals surface area contributed by atoms with Crippen LogP contribution in [-0.4, -0.2) is 31.1 Å². The third-order valence-corrected chi connectivity index (χ3v) is 6.44. The normalized spacial score (nSPS) is 15.8. The Hall–Kier alpha value is -0.500. The highest BCUT2D eigenvalue weighted by Gasteiger charge is 2.25. The summed E-state index contributed by atoms with van der Waals surface area (Å²) in [5.41, 5.74) is 0. The van der Waals surface area contributed by atoms with Crippen LogP contribution in [0.1, 0.15) is 27.2 Å². The molecule has 0 aliphatic rings. The van der Waals surface area contributed by atoms with E-state index >= 15 is 0 Å². The van der Waals surface area contributed by atoms with Crippen molar-refractivity contribution in [2.45, 2.75) is 33.3 Å². The Bertz CT molecular complexity index is 353. The molecule has 0 saturated carbocycles. The maximum Gasteiger partial charge on any atom is 0.303 e. The topological polar surface area (TPSA) is 76.4 Å². The minimum atomic E-state index is -2.79. The van der Waals surface area contributed by atoms with Crippen LogP contribution in [0.4, 0.5) is 0 Å². The van der Waals surface area contributed by atoms with E-state index in [1.807, 2.05) is 19.9 Å². The van der Waals surface area contributed by atoms with E-state index in [9.17, 15) is 9.36 Å². The van der Waals surface area contributed by atoms with Crippen LogP contribution in [0.3, 0.4) is 0 Å². The van der Waals surface area contributed by atoms with Gasteiger partial charge in [0.15, 0.2) is 6.10 Å². The number of nitriles is 1. The van der Waals surface area contributed by atoms with Gasteiger partial charge in [-0.3, -0.25) is 9.36 Å². The molecule has 104 valence electrons. The quantitative estimate of drug-likeness (QED) is 0.505. The molecule has 0 spiro atoms. The average molecular weight is 293 g/mol. The van der Waals surface area contributed by atoms with E-state index in [-0.39, 0.29) is 12.6 Å². The molecule has 0 radical (unpaired) electrons. The van der Waals surface area contributed by atoms with Crippen LogP contribution < -0.4 is 0 Å². The van der Waals surface area contributed by atoms with E-state index in [4.69, 9.17) is 14.5 Å². The first kappa shape index (κ1) is 17.5. The molecular weight excluding hydrogens is 273 g/mol. The molecule has 0 heterocycles. The summed E-state index contributed by atoms with van der Waals surface area (Å²) in [4.78, 5) is 10.7. The van der Waals surface area contributed by atoms with E-state index in [0.29, 0.717) is 12.5 Å². The lowest BCUT2D eigenvalue weighted by Crippen LogP contribution is -2.16. The van der Waals surface area contributed by atoms with Gasteiger partial charge in [0.05, 0.1) is 6.61 Å².